The zero-order valence-corrected chi connectivity index (χ0v) is 16.8. The summed E-state index contributed by atoms with van der Waals surface area (Å²) < 4.78 is 5.22. The Balaban J connectivity index is 1.40. The molecule has 1 aliphatic carbocycles. The lowest BCUT2D eigenvalue weighted by atomic mass is 10.1. The largest absolute Gasteiger partial charge is 0.497 e. The van der Waals surface area contributed by atoms with Gasteiger partial charge in [0.05, 0.1) is 18.7 Å². The number of nitrogens with zero attached hydrogens (tertiary/aromatic N) is 1. The normalized spacial score (nSPS) is 14.9. The maximum atomic E-state index is 12.7. The molecule has 1 aliphatic rings. The molecule has 1 aromatic heterocycles. The number of aryl methyl sites for hydroxylation is 1. The van der Waals surface area contributed by atoms with Crippen molar-refractivity contribution in [3.05, 3.63) is 76.3 Å². The average Bonchev–Trinajstić information content (AvgIpc) is 3.33. The number of methoxy groups -OCH3 is 1. The Morgan fingerprint density at radius 1 is 1.17 bits per heavy atom. The van der Waals surface area contributed by atoms with Gasteiger partial charge in [-0.1, -0.05) is 30.3 Å². The van der Waals surface area contributed by atoms with Crippen LogP contribution in [-0.4, -0.2) is 23.9 Å². The lowest BCUT2D eigenvalue weighted by Gasteiger charge is -2.11. The lowest BCUT2D eigenvalue weighted by Crippen LogP contribution is -2.28. The fourth-order valence-corrected chi connectivity index (χ4v) is 4.42. The van der Waals surface area contributed by atoms with Gasteiger partial charge in [0.25, 0.3) is 5.91 Å². The SMILES string of the molecule is COc1cccc(CNC(=O)C2CCc3sc(NC(=O)c4ccccc4)nc32)c1. The van der Waals surface area contributed by atoms with E-state index in [4.69, 9.17) is 4.74 Å². The van der Waals surface area contributed by atoms with E-state index in [9.17, 15) is 9.59 Å². The van der Waals surface area contributed by atoms with Crippen LogP contribution >= 0.6 is 11.3 Å². The molecule has 29 heavy (non-hydrogen) atoms. The fraction of sp³-hybridized carbons (Fsp3) is 0.227. The summed E-state index contributed by atoms with van der Waals surface area (Å²) in [5, 5.41) is 6.37. The van der Waals surface area contributed by atoms with E-state index in [2.05, 4.69) is 15.6 Å². The molecule has 6 nitrogen and oxygen atoms in total. The molecule has 1 atom stereocenters. The molecule has 0 radical (unpaired) electrons. The summed E-state index contributed by atoms with van der Waals surface area (Å²) in [5.74, 6) is 0.238. The van der Waals surface area contributed by atoms with Gasteiger partial charge in [-0.05, 0) is 42.7 Å². The fourth-order valence-electron chi connectivity index (χ4n) is 3.39. The highest BCUT2D eigenvalue weighted by molar-refractivity contribution is 7.16. The third-order valence-corrected chi connectivity index (χ3v) is 5.94. The van der Waals surface area contributed by atoms with Crippen LogP contribution < -0.4 is 15.4 Å². The monoisotopic (exact) mass is 407 g/mol. The molecule has 0 bridgehead atoms. The molecule has 4 rings (SSSR count). The van der Waals surface area contributed by atoms with E-state index in [1.807, 2.05) is 42.5 Å². The minimum atomic E-state index is -0.283. The van der Waals surface area contributed by atoms with Crippen LogP contribution in [0.3, 0.4) is 0 Å². The number of carbonyl (C=O) groups excluding carboxylic acids is 2. The predicted octanol–water partition coefficient (Wildman–Crippen LogP) is 3.75. The number of benzene rings is 2. The highest BCUT2D eigenvalue weighted by Gasteiger charge is 2.32. The molecule has 2 amide bonds. The summed E-state index contributed by atoms with van der Waals surface area (Å²) in [6, 6.07) is 16.6. The van der Waals surface area contributed by atoms with Crippen LogP contribution in [0.4, 0.5) is 5.13 Å². The molecule has 1 unspecified atom stereocenters. The number of aromatic nitrogens is 1. The van der Waals surface area contributed by atoms with Gasteiger partial charge in [0, 0.05) is 17.0 Å². The molecule has 3 aromatic rings. The van der Waals surface area contributed by atoms with Crippen LogP contribution in [0.1, 0.15) is 38.8 Å². The lowest BCUT2D eigenvalue weighted by molar-refractivity contribution is -0.122. The van der Waals surface area contributed by atoms with Gasteiger partial charge < -0.3 is 10.1 Å². The van der Waals surface area contributed by atoms with Gasteiger partial charge in [0.1, 0.15) is 5.75 Å². The zero-order chi connectivity index (χ0) is 20.2. The maximum absolute atomic E-state index is 12.7. The molecular weight excluding hydrogens is 386 g/mol. The zero-order valence-electron chi connectivity index (χ0n) is 16.0. The average molecular weight is 407 g/mol. The Hall–Kier alpha value is -3.19. The van der Waals surface area contributed by atoms with Crippen molar-refractivity contribution in [2.24, 2.45) is 0 Å². The van der Waals surface area contributed by atoms with Crippen molar-refractivity contribution in [2.45, 2.75) is 25.3 Å². The first-order valence-electron chi connectivity index (χ1n) is 9.40. The van der Waals surface area contributed by atoms with Gasteiger partial charge in [-0.2, -0.15) is 0 Å². The van der Waals surface area contributed by atoms with Crippen molar-refractivity contribution in [3.8, 4) is 5.75 Å². The van der Waals surface area contributed by atoms with E-state index < -0.39 is 0 Å². The summed E-state index contributed by atoms with van der Waals surface area (Å²) in [5.41, 5.74) is 2.34. The third-order valence-electron chi connectivity index (χ3n) is 4.89. The summed E-state index contributed by atoms with van der Waals surface area (Å²) in [4.78, 5) is 30.7. The standard InChI is InChI=1S/C22H21N3O3S/c1-28-16-9-5-6-14(12-16)13-23-21(27)17-10-11-18-19(17)24-22(29-18)25-20(26)15-7-3-2-4-8-15/h2-9,12,17H,10-11,13H2,1H3,(H,23,27)(H,24,25,26). The first kappa shape index (κ1) is 19.1. The van der Waals surface area contributed by atoms with Gasteiger partial charge in [0.15, 0.2) is 5.13 Å². The van der Waals surface area contributed by atoms with Crippen LogP contribution in [0.25, 0.3) is 0 Å². The van der Waals surface area contributed by atoms with E-state index in [0.29, 0.717) is 17.2 Å². The van der Waals surface area contributed by atoms with E-state index >= 15 is 0 Å². The number of nitrogens with one attached hydrogen (secondary N) is 2. The second-order valence-corrected chi connectivity index (χ2v) is 7.89. The summed E-state index contributed by atoms with van der Waals surface area (Å²) in [7, 11) is 1.62. The van der Waals surface area contributed by atoms with Gasteiger partial charge >= 0.3 is 0 Å². The number of rotatable bonds is 6. The highest BCUT2D eigenvalue weighted by Crippen LogP contribution is 2.38. The number of ether oxygens (including phenoxy) is 1. The number of thiazole rings is 1. The number of hydrogen-bond acceptors (Lipinski definition) is 5. The maximum Gasteiger partial charge on any atom is 0.257 e. The first-order valence-corrected chi connectivity index (χ1v) is 10.2. The van der Waals surface area contributed by atoms with Crippen LogP contribution in [0, 0.1) is 0 Å². The Kier molecular flexibility index (Phi) is 5.57. The van der Waals surface area contributed by atoms with Crippen molar-refractivity contribution in [1.82, 2.24) is 10.3 Å². The van der Waals surface area contributed by atoms with Crippen LogP contribution in [0.5, 0.6) is 5.75 Å². The molecule has 0 fully saturated rings. The minimum absolute atomic E-state index is 0.0437. The first-order chi connectivity index (χ1) is 14.1. The quantitative estimate of drug-likeness (QED) is 0.652. The second kappa shape index (κ2) is 8.45. The smallest absolute Gasteiger partial charge is 0.257 e. The molecule has 148 valence electrons. The topological polar surface area (TPSA) is 80.3 Å². The summed E-state index contributed by atoms with van der Waals surface area (Å²) in [6.07, 6.45) is 1.54. The van der Waals surface area contributed by atoms with Crippen molar-refractivity contribution in [3.63, 3.8) is 0 Å². The van der Waals surface area contributed by atoms with Crippen molar-refractivity contribution < 1.29 is 14.3 Å². The molecule has 0 saturated heterocycles. The van der Waals surface area contributed by atoms with Gasteiger partial charge in [-0.15, -0.1) is 11.3 Å². The van der Waals surface area contributed by atoms with E-state index in [-0.39, 0.29) is 17.7 Å². The highest BCUT2D eigenvalue weighted by atomic mass is 32.1. The molecule has 0 saturated carbocycles. The number of hydrogen-bond donors (Lipinski definition) is 2. The number of carbonyl (C=O) groups is 2. The van der Waals surface area contributed by atoms with Crippen molar-refractivity contribution in [1.29, 1.82) is 0 Å². The van der Waals surface area contributed by atoms with Gasteiger partial charge in [-0.3, -0.25) is 14.9 Å². The van der Waals surface area contributed by atoms with Gasteiger partial charge in [-0.25, -0.2) is 4.98 Å². The predicted molar refractivity (Wildman–Crippen MR) is 112 cm³/mol. The van der Waals surface area contributed by atoms with E-state index in [1.54, 1.807) is 19.2 Å². The Morgan fingerprint density at radius 3 is 2.79 bits per heavy atom. The molecule has 7 heteroatoms. The second-order valence-electron chi connectivity index (χ2n) is 6.81. The van der Waals surface area contributed by atoms with Crippen LogP contribution in [-0.2, 0) is 17.8 Å². The van der Waals surface area contributed by atoms with Gasteiger partial charge in [0.2, 0.25) is 5.91 Å². The summed E-state index contributed by atoms with van der Waals surface area (Å²) >= 11 is 1.45. The summed E-state index contributed by atoms with van der Waals surface area (Å²) in [6.45, 7) is 0.434. The molecule has 0 aliphatic heterocycles. The molecule has 1 heterocycles. The van der Waals surface area contributed by atoms with Crippen LogP contribution in [0.15, 0.2) is 54.6 Å². The molecule has 2 aromatic carbocycles. The van der Waals surface area contributed by atoms with E-state index in [1.165, 1.54) is 11.3 Å². The number of anilines is 1. The molecular formula is C22H21N3O3S. The van der Waals surface area contributed by atoms with Crippen molar-refractivity contribution >= 4 is 28.3 Å². The molecule has 0 spiro atoms. The van der Waals surface area contributed by atoms with E-state index in [0.717, 1.165) is 34.7 Å². The minimum Gasteiger partial charge on any atom is -0.497 e. The Labute approximate surface area is 172 Å². The third kappa shape index (κ3) is 4.30. The Morgan fingerprint density at radius 2 is 2.00 bits per heavy atom. The van der Waals surface area contributed by atoms with Crippen molar-refractivity contribution in [2.75, 3.05) is 12.4 Å². The van der Waals surface area contributed by atoms with Crippen LogP contribution in [0.2, 0.25) is 0 Å². The number of amides is 2. The molecule has 2 N–H and O–H groups in total. The number of fused-ring (bicyclic) bond motifs is 1. The Bertz CT molecular complexity index is 1030.